The Morgan fingerprint density at radius 3 is 2.55 bits per heavy atom. The Bertz CT molecular complexity index is 824. The first-order valence-electron chi connectivity index (χ1n) is 11.8. The van der Waals surface area contributed by atoms with Gasteiger partial charge in [0.15, 0.2) is 0 Å². The average Bonchev–Trinajstić information content (AvgIpc) is 2.91. The SMILES string of the molecule is CC1=C(N=CCBr)C(CN2CCC(C3CCNCC3)CC2)c2cc(Br)c(Cl)cc2CC1. The van der Waals surface area contributed by atoms with E-state index in [0.29, 0.717) is 5.92 Å². The summed E-state index contributed by atoms with van der Waals surface area (Å²) in [6, 6.07) is 4.42. The fourth-order valence-electron chi connectivity index (χ4n) is 5.74. The van der Waals surface area contributed by atoms with Crippen LogP contribution < -0.4 is 5.32 Å². The van der Waals surface area contributed by atoms with Gasteiger partial charge in [0.25, 0.3) is 0 Å². The standard InChI is InChI=1S/C25H34Br2ClN3/c1-17-2-3-20-14-24(28)23(27)15-21(20)22(25(17)30-11-8-26)16-31-12-6-19(7-13-31)18-4-9-29-10-5-18/h11,14-15,18-19,22,29H,2-10,12-13,16H2,1H3. The topological polar surface area (TPSA) is 27.6 Å². The molecule has 3 aliphatic rings. The molecule has 0 bridgehead atoms. The number of fused-ring (bicyclic) bond motifs is 1. The molecule has 1 aromatic carbocycles. The maximum atomic E-state index is 6.47. The maximum absolute atomic E-state index is 6.47. The van der Waals surface area contributed by atoms with Gasteiger partial charge in [0, 0.05) is 34.2 Å². The quantitative estimate of drug-likeness (QED) is 0.319. The number of aryl methyl sites for hydroxylation is 1. The van der Waals surface area contributed by atoms with Crippen molar-refractivity contribution in [3.05, 3.63) is 44.0 Å². The van der Waals surface area contributed by atoms with Crippen LogP contribution in [0.5, 0.6) is 0 Å². The van der Waals surface area contributed by atoms with Gasteiger partial charge in [-0.15, -0.1) is 0 Å². The number of nitrogens with zero attached hydrogens (tertiary/aromatic N) is 2. The molecule has 0 spiro atoms. The van der Waals surface area contributed by atoms with Crippen LogP contribution in [0.25, 0.3) is 0 Å². The highest BCUT2D eigenvalue weighted by Crippen LogP contribution is 2.40. The predicted octanol–water partition coefficient (Wildman–Crippen LogP) is 6.58. The van der Waals surface area contributed by atoms with E-state index in [2.05, 4.69) is 61.1 Å². The van der Waals surface area contributed by atoms with Crippen LogP contribution in [0.2, 0.25) is 5.02 Å². The molecule has 1 N–H and O–H groups in total. The lowest BCUT2D eigenvalue weighted by Crippen LogP contribution is -2.41. The highest BCUT2D eigenvalue weighted by molar-refractivity contribution is 9.10. The number of likely N-dealkylation sites (tertiary alicyclic amines) is 1. The molecule has 2 aliphatic heterocycles. The van der Waals surface area contributed by atoms with Gasteiger partial charge in [-0.2, -0.15) is 0 Å². The van der Waals surface area contributed by atoms with Gasteiger partial charge in [-0.25, -0.2) is 0 Å². The number of rotatable bonds is 5. The number of alkyl halides is 1. The highest BCUT2D eigenvalue weighted by Gasteiger charge is 2.31. The number of nitrogens with one attached hydrogen (secondary N) is 1. The molecular weight excluding hydrogens is 538 g/mol. The van der Waals surface area contributed by atoms with E-state index in [1.807, 2.05) is 6.21 Å². The Balaban J connectivity index is 1.54. The molecule has 6 heteroatoms. The molecule has 2 heterocycles. The molecule has 1 aromatic rings. The minimum Gasteiger partial charge on any atom is -0.317 e. The van der Waals surface area contributed by atoms with Gasteiger partial charge in [-0.3, -0.25) is 4.99 Å². The second-order valence-electron chi connectivity index (χ2n) is 9.37. The van der Waals surface area contributed by atoms with E-state index in [-0.39, 0.29) is 0 Å². The molecule has 0 saturated carbocycles. The third kappa shape index (κ3) is 5.84. The monoisotopic (exact) mass is 569 g/mol. The Labute approximate surface area is 209 Å². The van der Waals surface area contributed by atoms with Crippen molar-refractivity contribution in [3.8, 4) is 0 Å². The molecule has 1 aliphatic carbocycles. The first-order chi connectivity index (χ1) is 15.1. The number of hydrogen-bond acceptors (Lipinski definition) is 3. The zero-order valence-corrected chi connectivity index (χ0v) is 22.4. The van der Waals surface area contributed by atoms with Gasteiger partial charge in [0.2, 0.25) is 0 Å². The molecule has 3 nitrogen and oxygen atoms in total. The van der Waals surface area contributed by atoms with E-state index in [1.165, 1.54) is 74.3 Å². The molecule has 0 radical (unpaired) electrons. The van der Waals surface area contributed by atoms with Gasteiger partial charge in [0.05, 0.1) is 5.02 Å². The van der Waals surface area contributed by atoms with Crippen molar-refractivity contribution in [2.45, 2.75) is 51.4 Å². The molecule has 170 valence electrons. The van der Waals surface area contributed by atoms with Gasteiger partial charge in [-0.05, 0) is 123 Å². The number of halogens is 3. The Kier molecular flexibility index (Phi) is 8.72. The summed E-state index contributed by atoms with van der Waals surface area (Å²) in [6.07, 6.45) is 9.51. The summed E-state index contributed by atoms with van der Waals surface area (Å²) >= 11 is 13.7. The van der Waals surface area contributed by atoms with Crippen LogP contribution in [0.3, 0.4) is 0 Å². The van der Waals surface area contributed by atoms with Crippen molar-refractivity contribution in [3.63, 3.8) is 0 Å². The fourth-order valence-corrected chi connectivity index (χ4v) is 6.43. The second-order valence-corrected chi connectivity index (χ2v) is 11.3. The Morgan fingerprint density at radius 2 is 1.84 bits per heavy atom. The molecule has 1 atom stereocenters. The fraction of sp³-hybridized carbons (Fsp3) is 0.640. The van der Waals surface area contributed by atoms with E-state index < -0.39 is 0 Å². The zero-order chi connectivity index (χ0) is 21.8. The summed E-state index contributed by atoms with van der Waals surface area (Å²) in [7, 11) is 0. The molecule has 4 rings (SSSR count). The summed E-state index contributed by atoms with van der Waals surface area (Å²) < 4.78 is 0.992. The summed E-state index contributed by atoms with van der Waals surface area (Å²) in [4.78, 5) is 7.65. The van der Waals surface area contributed by atoms with E-state index in [4.69, 9.17) is 16.6 Å². The van der Waals surface area contributed by atoms with Crippen molar-refractivity contribution in [1.82, 2.24) is 10.2 Å². The molecule has 2 fully saturated rings. The lowest BCUT2D eigenvalue weighted by atomic mass is 9.79. The molecular formula is C25H34Br2ClN3. The first-order valence-corrected chi connectivity index (χ1v) is 14.0. The van der Waals surface area contributed by atoms with Crippen LogP contribution in [0, 0.1) is 11.8 Å². The van der Waals surface area contributed by atoms with Crippen molar-refractivity contribution < 1.29 is 0 Å². The van der Waals surface area contributed by atoms with E-state index in [1.54, 1.807) is 0 Å². The van der Waals surface area contributed by atoms with Gasteiger partial charge < -0.3 is 10.2 Å². The molecule has 31 heavy (non-hydrogen) atoms. The second kappa shape index (κ2) is 11.3. The minimum absolute atomic E-state index is 0.303. The first kappa shape index (κ1) is 23.9. The van der Waals surface area contributed by atoms with Crippen LogP contribution in [-0.2, 0) is 6.42 Å². The van der Waals surface area contributed by atoms with Gasteiger partial charge >= 0.3 is 0 Å². The summed E-state index contributed by atoms with van der Waals surface area (Å²) in [6.45, 7) is 8.15. The summed E-state index contributed by atoms with van der Waals surface area (Å²) in [5.41, 5.74) is 5.45. The lowest BCUT2D eigenvalue weighted by molar-refractivity contribution is 0.128. The van der Waals surface area contributed by atoms with Gasteiger partial charge in [0.1, 0.15) is 0 Å². The third-order valence-electron chi connectivity index (χ3n) is 7.52. The Hall–Kier alpha value is -0.200. The number of aliphatic imine (C=N–C) groups is 1. The minimum atomic E-state index is 0.303. The third-order valence-corrected chi connectivity index (χ3v) is 9.00. The van der Waals surface area contributed by atoms with E-state index in [9.17, 15) is 0 Å². The number of hydrogen-bond donors (Lipinski definition) is 1. The van der Waals surface area contributed by atoms with Crippen LogP contribution in [0.1, 0.15) is 56.1 Å². The smallest absolute Gasteiger partial charge is 0.0551 e. The van der Waals surface area contributed by atoms with Crippen molar-refractivity contribution in [1.29, 1.82) is 0 Å². The van der Waals surface area contributed by atoms with Crippen LogP contribution in [0.4, 0.5) is 0 Å². The van der Waals surface area contributed by atoms with Crippen molar-refractivity contribution >= 4 is 49.7 Å². The van der Waals surface area contributed by atoms with E-state index >= 15 is 0 Å². The number of piperidine rings is 2. The normalized spacial score (nSPS) is 24.6. The average molecular weight is 572 g/mol. The highest BCUT2D eigenvalue weighted by atomic mass is 79.9. The zero-order valence-electron chi connectivity index (χ0n) is 18.5. The lowest BCUT2D eigenvalue weighted by Gasteiger charge is -2.39. The summed E-state index contributed by atoms with van der Waals surface area (Å²) in [5, 5.41) is 5.12. The molecule has 2 saturated heterocycles. The number of allylic oxidation sites excluding steroid dienone is 1. The van der Waals surface area contributed by atoms with Crippen LogP contribution in [-0.4, -0.2) is 49.2 Å². The molecule has 1 unspecified atom stereocenters. The number of benzene rings is 1. The van der Waals surface area contributed by atoms with Crippen LogP contribution in [0.15, 0.2) is 32.9 Å². The van der Waals surface area contributed by atoms with Crippen LogP contribution >= 0.6 is 43.5 Å². The largest absolute Gasteiger partial charge is 0.317 e. The Morgan fingerprint density at radius 1 is 1.13 bits per heavy atom. The maximum Gasteiger partial charge on any atom is 0.0551 e. The van der Waals surface area contributed by atoms with Gasteiger partial charge in [-0.1, -0.05) is 33.1 Å². The van der Waals surface area contributed by atoms with Crippen molar-refractivity contribution in [2.75, 3.05) is 38.1 Å². The molecule has 0 aromatic heterocycles. The predicted molar refractivity (Wildman–Crippen MR) is 140 cm³/mol. The summed E-state index contributed by atoms with van der Waals surface area (Å²) in [5.74, 6) is 2.15. The van der Waals surface area contributed by atoms with Crippen molar-refractivity contribution in [2.24, 2.45) is 16.8 Å². The molecule has 0 amide bonds. The van der Waals surface area contributed by atoms with E-state index in [0.717, 1.165) is 46.0 Å².